The number of unbranched alkanes of at least 4 members (excludes halogenated alkanes) is 2. The number of rotatable bonds is 6. The van der Waals surface area contributed by atoms with Gasteiger partial charge in [0.05, 0.1) is 0 Å². The first-order chi connectivity index (χ1) is 6.26. The summed E-state index contributed by atoms with van der Waals surface area (Å²) >= 11 is 0. The third kappa shape index (κ3) is 5.46. The molecule has 0 spiro atoms. The molecule has 0 heterocycles. The summed E-state index contributed by atoms with van der Waals surface area (Å²) in [6, 6.07) is 0. The Morgan fingerprint density at radius 2 is 1.92 bits per heavy atom. The maximum Gasteiger partial charge on any atom is -0.0276 e. The zero-order valence-corrected chi connectivity index (χ0v) is 9.27. The monoisotopic (exact) mass is 178 g/mol. The molecule has 0 bridgehead atoms. The maximum atomic E-state index is 4.04. The molecule has 0 aliphatic rings. The minimum Gasteiger partial charge on any atom is -0.0915 e. The Bertz CT molecular complexity index is 194. The van der Waals surface area contributed by atoms with Gasteiger partial charge in [0.2, 0.25) is 0 Å². The van der Waals surface area contributed by atoms with Crippen molar-refractivity contribution in [1.29, 1.82) is 0 Å². The molecule has 0 radical (unpaired) electrons. The predicted octanol–water partition coefficient (Wildman–Crippen LogP) is 4.65. The minimum atomic E-state index is 1.17. The van der Waals surface area contributed by atoms with E-state index in [0.717, 1.165) is 0 Å². The fourth-order valence-electron chi connectivity index (χ4n) is 1.36. The second-order valence-electron chi connectivity index (χ2n) is 3.30. The van der Waals surface area contributed by atoms with Crippen LogP contribution in [0.3, 0.4) is 0 Å². The van der Waals surface area contributed by atoms with Crippen molar-refractivity contribution in [2.24, 2.45) is 0 Å². The zero-order valence-electron chi connectivity index (χ0n) is 9.27. The lowest BCUT2D eigenvalue weighted by Crippen LogP contribution is -1.86. The van der Waals surface area contributed by atoms with Gasteiger partial charge in [0, 0.05) is 0 Å². The molecule has 0 unspecified atom stereocenters. The first-order valence-corrected chi connectivity index (χ1v) is 5.23. The van der Waals surface area contributed by atoms with E-state index in [1.165, 1.54) is 36.8 Å². The van der Waals surface area contributed by atoms with Gasteiger partial charge >= 0.3 is 0 Å². The standard InChI is InChI=1S/C13H22/c1-5-8-9-11-13(7-3)12(4)10-6-2/h6-7,10H,4-5,8-9,11H2,1-3H3. The Balaban J connectivity index is 3.97. The van der Waals surface area contributed by atoms with Crippen molar-refractivity contribution in [3.8, 4) is 0 Å². The highest BCUT2D eigenvalue weighted by Crippen LogP contribution is 2.17. The van der Waals surface area contributed by atoms with E-state index < -0.39 is 0 Å². The molecule has 0 nitrogen and oxygen atoms in total. The minimum absolute atomic E-state index is 1.17. The molecular weight excluding hydrogens is 156 g/mol. The van der Waals surface area contributed by atoms with Gasteiger partial charge in [0.25, 0.3) is 0 Å². The van der Waals surface area contributed by atoms with Crippen LogP contribution in [0.4, 0.5) is 0 Å². The summed E-state index contributed by atoms with van der Waals surface area (Å²) < 4.78 is 0. The Kier molecular flexibility index (Phi) is 7.38. The van der Waals surface area contributed by atoms with E-state index in [1.807, 2.05) is 13.0 Å². The molecule has 0 rings (SSSR count). The summed E-state index contributed by atoms with van der Waals surface area (Å²) in [5.41, 5.74) is 2.56. The van der Waals surface area contributed by atoms with Crippen LogP contribution in [0.15, 0.2) is 36.0 Å². The van der Waals surface area contributed by atoms with Crippen LogP contribution in [-0.2, 0) is 0 Å². The normalized spacial score (nSPS) is 12.4. The molecule has 74 valence electrons. The second kappa shape index (κ2) is 7.85. The fourth-order valence-corrected chi connectivity index (χ4v) is 1.36. The quantitative estimate of drug-likeness (QED) is 0.410. The Hall–Kier alpha value is -0.780. The van der Waals surface area contributed by atoms with Crippen molar-refractivity contribution in [2.75, 3.05) is 0 Å². The molecule has 0 heteroatoms. The molecule has 0 atom stereocenters. The van der Waals surface area contributed by atoms with Crippen molar-refractivity contribution >= 4 is 0 Å². The third-order valence-corrected chi connectivity index (χ3v) is 2.18. The molecule has 0 aromatic heterocycles. The SMILES string of the molecule is C=C(C=CC)C(=CC)CCCCC. The number of hydrogen-bond acceptors (Lipinski definition) is 0. The first kappa shape index (κ1) is 12.2. The van der Waals surface area contributed by atoms with Crippen LogP contribution in [0.1, 0.15) is 46.5 Å². The van der Waals surface area contributed by atoms with E-state index in [1.54, 1.807) is 0 Å². The van der Waals surface area contributed by atoms with E-state index in [0.29, 0.717) is 0 Å². The van der Waals surface area contributed by atoms with Crippen molar-refractivity contribution in [1.82, 2.24) is 0 Å². The summed E-state index contributed by atoms with van der Waals surface area (Å²) in [4.78, 5) is 0. The van der Waals surface area contributed by atoms with Gasteiger partial charge in [-0.2, -0.15) is 0 Å². The van der Waals surface area contributed by atoms with Crippen molar-refractivity contribution in [3.05, 3.63) is 36.0 Å². The molecule has 0 N–H and O–H groups in total. The van der Waals surface area contributed by atoms with Crippen LogP contribution in [0.5, 0.6) is 0 Å². The molecule has 0 aliphatic carbocycles. The number of allylic oxidation sites excluding steroid dienone is 5. The summed E-state index contributed by atoms with van der Waals surface area (Å²) in [5.74, 6) is 0. The highest BCUT2D eigenvalue weighted by atomic mass is 14.0. The van der Waals surface area contributed by atoms with Gasteiger partial charge in [-0.05, 0) is 37.8 Å². The van der Waals surface area contributed by atoms with E-state index in [9.17, 15) is 0 Å². The van der Waals surface area contributed by atoms with Gasteiger partial charge in [0.15, 0.2) is 0 Å². The van der Waals surface area contributed by atoms with E-state index in [-0.39, 0.29) is 0 Å². The van der Waals surface area contributed by atoms with Gasteiger partial charge in [-0.3, -0.25) is 0 Å². The molecule has 0 fully saturated rings. The van der Waals surface area contributed by atoms with Crippen LogP contribution < -0.4 is 0 Å². The smallest absolute Gasteiger partial charge is 0.0276 e. The molecular formula is C13H22. The molecule has 13 heavy (non-hydrogen) atoms. The highest BCUT2D eigenvalue weighted by molar-refractivity contribution is 5.36. The van der Waals surface area contributed by atoms with E-state index in [2.05, 4.69) is 32.6 Å². The van der Waals surface area contributed by atoms with Crippen molar-refractivity contribution in [3.63, 3.8) is 0 Å². The van der Waals surface area contributed by atoms with Gasteiger partial charge in [-0.15, -0.1) is 0 Å². The molecule has 0 aliphatic heterocycles. The topological polar surface area (TPSA) is 0 Å². The maximum absolute atomic E-state index is 4.04. The van der Waals surface area contributed by atoms with Crippen molar-refractivity contribution in [2.45, 2.75) is 46.5 Å². The van der Waals surface area contributed by atoms with Crippen LogP contribution in [0.2, 0.25) is 0 Å². The van der Waals surface area contributed by atoms with Gasteiger partial charge in [-0.1, -0.05) is 44.6 Å². The summed E-state index contributed by atoms with van der Waals surface area (Å²) in [6.45, 7) is 10.4. The average Bonchev–Trinajstić information content (AvgIpc) is 2.13. The Labute approximate surface area is 83.0 Å². The largest absolute Gasteiger partial charge is 0.0915 e. The predicted molar refractivity (Wildman–Crippen MR) is 61.9 cm³/mol. The zero-order chi connectivity index (χ0) is 10.1. The lowest BCUT2D eigenvalue weighted by atomic mass is 10.0. The average molecular weight is 178 g/mol. The molecule has 0 aromatic rings. The van der Waals surface area contributed by atoms with Gasteiger partial charge < -0.3 is 0 Å². The molecule has 0 saturated heterocycles. The van der Waals surface area contributed by atoms with Crippen LogP contribution in [-0.4, -0.2) is 0 Å². The van der Waals surface area contributed by atoms with Gasteiger partial charge in [-0.25, -0.2) is 0 Å². The highest BCUT2D eigenvalue weighted by Gasteiger charge is 1.97. The Morgan fingerprint density at radius 1 is 1.23 bits per heavy atom. The summed E-state index contributed by atoms with van der Waals surface area (Å²) in [5, 5.41) is 0. The Morgan fingerprint density at radius 3 is 2.38 bits per heavy atom. The fraction of sp³-hybridized carbons (Fsp3) is 0.538. The van der Waals surface area contributed by atoms with Crippen LogP contribution in [0.25, 0.3) is 0 Å². The lowest BCUT2D eigenvalue weighted by Gasteiger charge is -2.05. The summed E-state index contributed by atoms with van der Waals surface area (Å²) in [7, 11) is 0. The first-order valence-electron chi connectivity index (χ1n) is 5.23. The molecule has 0 amide bonds. The van der Waals surface area contributed by atoms with E-state index >= 15 is 0 Å². The second-order valence-corrected chi connectivity index (χ2v) is 3.30. The van der Waals surface area contributed by atoms with Gasteiger partial charge in [0.1, 0.15) is 0 Å². The summed E-state index contributed by atoms with van der Waals surface area (Å²) in [6.07, 6.45) is 11.4. The third-order valence-electron chi connectivity index (χ3n) is 2.18. The molecule has 0 aromatic carbocycles. The van der Waals surface area contributed by atoms with E-state index in [4.69, 9.17) is 0 Å². The lowest BCUT2D eigenvalue weighted by molar-refractivity contribution is 0.717. The van der Waals surface area contributed by atoms with Crippen LogP contribution >= 0.6 is 0 Å². The number of hydrogen-bond donors (Lipinski definition) is 0. The van der Waals surface area contributed by atoms with Crippen molar-refractivity contribution < 1.29 is 0 Å². The van der Waals surface area contributed by atoms with Crippen LogP contribution in [0, 0.1) is 0 Å². The molecule has 0 saturated carbocycles.